The number of halogens is 1. The van der Waals surface area contributed by atoms with E-state index >= 15 is 0 Å². The standard InChI is InChI=1S/C14H12FNO3/c1-19-14(18)7-4-11-13(12(17)5-7)9-3-2-8(15)6-10(9)16-11/h2-3,6-7,16H,4-5H2,1H3. The second-order valence-corrected chi connectivity index (χ2v) is 4.72. The molecule has 19 heavy (non-hydrogen) atoms. The molecule has 4 nitrogen and oxygen atoms in total. The van der Waals surface area contributed by atoms with E-state index in [4.69, 9.17) is 0 Å². The first-order valence-corrected chi connectivity index (χ1v) is 6.01. The van der Waals surface area contributed by atoms with Gasteiger partial charge in [0.1, 0.15) is 5.82 Å². The van der Waals surface area contributed by atoms with E-state index in [-0.39, 0.29) is 24.0 Å². The van der Waals surface area contributed by atoms with E-state index in [2.05, 4.69) is 9.72 Å². The summed E-state index contributed by atoms with van der Waals surface area (Å²) in [5, 5.41) is 0.713. The summed E-state index contributed by atoms with van der Waals surface area (Å²) in [7, 11) is 1.31. The van der Waals surface area contributed by atoms with Crippen LogP contribution in [0.1, 0.15) is 22.5 Å². The molecule has 2 aromatic rings. The maximum absolute atomic E-state index is 13.2. The fourth-order valence-corrected chi connectivity index (χ4v) is 2.67. The number of carbonyl (C=O) groups excluding carboxylic acids is 2. The number of fused-ring (bicyclic) bond motifs is 3. The van der Waals surface area contributed by atoms with Gasteiger partial charge in [-0.05, 0) is 18.2 Å². The fraction of sp³-hybridized carbons (Fsp3) is 0.286. The molecule has 1 aliphatic carbocycles. The molecule has 0 amide bonds. The molecule has 1 aliphatic rings. The van der Waals surface area contributed by atoms with Crippen LogP contribution in [-0.2, 0) is 16.0 Å². The lowest BCUT2D eigenvalue weighted by atomic mass is 9.86. The van der Waals surface area contributed by atoms with Crippen molar-refractivity contribution in [3.63, 3.8) is 0 Å². The predicted octanol–water partition coefficient (Wildman–Crippen LogP) is 2.23. The highest BCUT2D eigenvalue weighted by Gasteiger charge is 2.33. The van der Waals surface area contributed by atoms with E-state index in [0.717, 1.165) is 0 Å². The van der Waals surface area contributed by atoms with Gasteiger partial charge < -0.3 is 9.72 Å². The van der Waals surface area contributed by atoms with Crippen LogP contribution in [0, 0.1) is 11.7 Å². The van der Waals surface area contributed by atoms with Crippen LogP contribution in [-0.4, -0.2) is 23.8 Å². The number of hydrogen-bond acceptors (Lipinski definition) is 3. The summed E-state index contributed by atoms with van der Waals surface area (Å²) in [4.78, 5) is 26.7. The zero-order valence-electron chi connectivity index (χ0n) is 10.3. The quantitative estimate of drug-likeness (QED) is 0.801. The van der Waals surface area contributed by atoms with Gasteiger partial charge in [-0.3, -0.25) is 9.59 Å². The Balaban J connectivity index is 2.11. The highest BCUT2D eigenvalue weighted by atomic mass is 19.1. The third kappa shape index (κ3) is 1.82. The number of rotatable bonds is 1. The third-order valence-electron chi connectivity index (χ3n) is 3.53. The zero-order valence-corrected chi connectivity index (χ0v) is 10.3. The van der Waals surface area contributed by atoms with E-state index in [0.29, 0.717) is 28.6 Å². The van der Waals surface area contributed by atoms with Crippen molar-refractivity contribution in [2.45, 2.75) is 12.8 Å². The van der Waals surface area contributed by atoms with Gasteiger partial charge in [0.25, 0.3) is 0 Å². The van der Waals surface area contributed by atoms with Crippen molar-refractivity contribution in [3.05, 3.63) is 35.3 Å². The summed E-state index contributed by atoms with van der Waals surface area (Å²) in [6, 6.07) is 4.28. The van der Waals surface area contributed by atoms with E-state index in [1.165, 1.54) is 19.2 Å². The lowest BCUT2D eigenvalue weighted by Gasteiger charge is -2.18. The van der Waals surface area contributed by atoms with Crippen LogP contribution in [0.2, 0.25) is 0 Å². The fourth-order valence-electron chi connectivity index (χ4n) is 2.67. The summed E-state index contributed by atoms with van der Waals surface area (Å²) >= 11 is 0. The molecular formula is C14H12FNO3. The highest BCUT2D eigenvalue weighted by molar-refractivity contribution is 6.11. The Morgan fingerprint density at radius 3 is 2.95 bits per heavy atom. The summed E-state index contributed by atoms with van der Waals surface area (Å²) in [6.07, 6.45) is 0.564. The monoisotopic (exact) mass is 261 g/mol. The van der Waals surface area contributed by atoms with Crippen molar-refractivity contribution in [2.75, 3.05) is 7.11 Å². The Morgan fingerprint density at radius 1 is 1.42 bits per heavy atom. The topological polar surface area (TPSA) is 59.2 Å². The molecule has 1 atom stereocenters. The van der Waals surface area contributed by atoms with Gasteiger partial charge in [0, 0.05) is 35.0 Å². The molecule has 1 aromatic heterocycles. The number of aromatic amines is 1. The Kier molecular flexibility index (Phi) is 2.62. The van der Waals surface area contributed by atoms with Crippen LogP contribution in [0.3, 0.4) is 0 Å². The van der Waals surface area contributed by atoms with E-state index in [9.17, 15) is 14.0 Å². The zero-order chi connectivity index (χ0) is 13.6. The lowest BCUT2D eigenvalue weighted by Crippen LogP contribution is -2.27. The maximum atomic E-state index is 13.2. The second kappa shape index (κ2) is 4.19. The molecule has 0 radical (unpaired) electrons. The Morgan fingerprint density at radius 2 is 2.21 bits per heavy atom. The predicted molar refractivity (Wildman–Crippen MR) is 66.4 cm³/mol. The van der Waals surface area contributed by atoms with Crippen molar-refractivity contribution in [2.24, 2.45) is 5.92 Å². The van der Waals surface area contributed by atoms with Crippen molar-refractivity contribution in [1.82, 2.24) is 4.98 Å². The molecule has 0 bridgehead atoms. The van der Waals surface area contributed by atoms with Gasteiger partial charge in [0.2, 0.25) is 0 Å². The Labute approximate surface area is 108 Å². The first-order valence-electron chi connectivity index (χ1n) is 6.01. The molecule has 0 aliphatic heterocycles. The number of esters is 1. The van der Waals surface area contributed by atoms with Crippen LogP contribution >= 0.6 is 0 Å². The summed E-state index contributed by atoms with van der Waals surface area (Å²) < 4.78 is 17.9. The van der Waals surface area contributed by atoms with Gasteiger partial charge in [-0.2, -0.15) is 0 Å². The molecule has 1 N–H and O–H groups in total. The minimum absolute atomic E-state index is 0.102. The largest absolute Gasteiger partial charge is 0.469 e. The lowest BCUT2D eigenvalue weighted by molar-refractivity contribution is -0.145. The Hall–Kier alpha value is -2.17. The average molecular weight is 261 g/mol. The van der Waals surface area contributed by atoms with Crippen molar-refractivity contribution < 1.29 is 18.7 Å². The molecule has 3 rings (SSSR count). The van der Waals surface area contributed by atoms with Crippen LogP contribution in [0.5, 0.6) is 0 Å². The highest BCUT2D eigenvalue weighted by Crippen LogP contribution is 2.32. The molecule has 0 spiro atoms. The maximum Gasteiger partial charge on any atom is 0.309 e. The first-order chi connectivity index (χ1) is 9.10. The van der Waals surface area contributed by atoms with E-state index in [1.807, 2.05) is 0 Å². The van der Waals surface area contributed by atoms with Crippen molar-refractivity contribution in [3.8, 4) is 0 Å². The van der Waals surface area contributed by atoms with E-state index in [1.54, 1.807) is 6.07 Å². The molecule has 98 valence electrons. The summed E-state index contributed by atoms with van der Waals surface area (Å²) in [6.45, 7) is 0. The smallest absolute Gasteiger partial charge is 0.309 e. The molecular weight excluding hydrogens is 249 g/mol. The molecule has 0 fully saturated rings. The van der Waals surface area contributed by atoms with Crippen molar-refractivity contribution in [1.29, 1.82) is 0 Å². The SMILES string of the molecule is COC(=O)C1CC(=O)c2c([nH]c3cc(F)ccc23)C1. The Bertz CT molecular complexity index is 689. The minimum Gasteiger partial charge on any atom is -0.469 e. The number of aromatic nitrogens is 1. The number of ketones is 1. The number of methoxy groups -OCH3 is 1. The number of H-pyrrole nitrogens is 1. The molecule has 5 heteroatoms. The van der Waals surface area contributed by atoms with Gasteiger partial charge in [-0.15, -0.1) is 0 Å². The number of hydrogen-bond donors (Lipinski definition) is 1. The van der Waals surface area contributed by atoms with Crippen molar-refractivity contribution >= 4 is 22.7 Å². The van der Waals surface area contributed by atoms with Crippen LogP contribution < -0.4 is 0 Å². The van der Waals surface area contributed by atoms with Gasteiger partial charge in [-0.25, -0.2) is 4.39 Å². The number of nitrogens with one attached hydrogen (secondary N) is 1. The number of benzene rings is 1. The molecule has 0 saturated heterocycles. The molecule has 1 heterocycles. The summed E-state index contributed by atoms with van der Waals surface area (Å²) in [5.74, 6) is -1.30. The second-order valence-electron chi connectivity index (χ2n) is 4.72. The number of ether oxygens (including phenoxy) is 1. The minimum atomic E-state index is -0.456. The molecule has 1 unspecified atom stereocenters. The van der Waals surface area contributed by atoms with Gasteiger partial charge in [0.15, 0.2) is 5.78 Å². The first kappa shape index (κ1) is 11.9. The molecule has 0 saturated carbocycles. The number of Topliss-reactive ketones (excluding diaryl/α,β-unsaturated/α-hetero) is 1. The summed E-state index contributed by atoms with van der Waals surface area (Å²) in [5.41, 5.74) is 1.85. The van der Waals surface area contributed by atoms with Crippen LogP contribution in [0.15, 0.2) is 18.2 Å². The third-order valence-corrected chi connectivity index (χ3v) is 3.53. The number of carbonyl (C=O) groups is 2. The van der Waals surface area contributed by atoms with Gasteiger partial charge in [0.05, 0.1) is 13.0 Å². The van der Waals surface area contributed by atoms with Gasteiger partial charge in [-0.1, -0.05) is 0 Å². The molecule has 1 aromatic carbocycles. The van der Waals surface area contributed by atoms with Crippen LogP contribution in [0.4, 0.5) is 4.39 Å². The average Bonchev–Trinajstić information content (AvgIpc) is 2.75. The normalized spacial score (nSPS) is 18.4. The van der Waals surface area contributed by atoms with E-state index < -0.39 is 5.92 Å². The van der Waals surface area contributed by atoms with Gasteiger partial charge >= 0.3 is 5.97 Å². The van der Waals surface area contributed by atoms with Crippen LogP contribution in [0.25, 0.3) is 10.9 Å².